The van der Waals surface area contributed by atoms with Crippen LogP contribution in [-0.4, -0.2) is 34.1 Å². The van der Waals surface area contributed by atoms with Gasteiger partial charge in [-0.2, -0.15) is 0 Å². The number of nitrogen functional groups attached to an aromatic ring is 1. The topological polar surface area (TPSA) is 47.1 Å². The number of anilines is 1. The highest BCUT2D eigenvalue weighted by atomic mass is 15.2. The van der Waals surface area contributed by atoms with Crippen LogP contribution in [0.25, 0.3) is 11.4 Å². The number of imidazole rings is 1. The van der Waals surface area contributed by atoms with Crippen LogP contribution in [-0.2, 0) is 5.54 Å². The fourth-order valence-corrected chi connectivity index (χ4v) is 3.21. The van der Waals surface area contributed by atoms with E-state index in [0.717, 1.165) is 17.9 Å². The van der Waals surface area contributed by atoms with Crippen LogP contribution in [0.5, 0.6) is 0 Å². The molecule has 0 atom stereocenters. The van der Waals surface area contributed by atoms with Gasteiger partial charge in [0.2, 0.25) is 0 Å². The van der Waals surface area contributed by atoms with Gasteiger partial charge in [-0.3, -0.25) is 0 Å². The second kappa shape index (κ2) is 5.53. The Hall–Kier alpha value is -1.81. The minimum atomic E-state index is -0.0276. The summed E-state index contributed by atoms with van der Waals surface area (Å²) < 4.78 is 2.23. The SMILES string of the molecule is CC(C)(CN1CCCC1)n1cc(N)nc1-c1ccccc1. The molecule has 0 unspecified atom stereocenters. The average molecular weight is 284 g/mol. The Labute approximate surface area is 126 Å². The smallest absolute Gasteiger partial charge is 0.142 e. The standard InChI is InChI=1S/C17H24N4/c1-17(2,13-20-10-6-7-11-20)21-12-15(18)19-16(21)14-8-4-3-5-9-14/h3-5,8-9,12H,6-7,10-11,13,18H2,1-2H3. The van der Waals surface area contributed by atoms with E-state index in [9.17, 15) is 0 Å². The molecule has 0 amide bonds. The maximum Gasteiger partial charge on any atom is 0.142 e. The predicted octanol–water partition coefficient (Wildman–Crippen LogP) is 2.96. The Kier molecular flexibility index (Phi) is 3.72. The van der Waals surface area contributed by atoms with Crippen molar-refractivity contribution in [3.63, 3.8) is 0 Å². The van der Waals surface area contributed by atoms with Crippen LogP contribution in [0.1, 0.15) is 26.7 Å². The van der Waals surface area contributed by atoms with E-state index in [4.69, 9.17) is 5.73 Å². The fraction of sp³-hybridized carbons (Fsp3) is 0.471. The minimum Gasteiger partial charge on any atom is -0.382 e. The third kappa shape index (κ3) is 2.95. The lowest BCUT2D eigenvalue weighted by Crippen LogP contribution is -2.39. The largest absolute Gasteiger partial charge is 0.382 e. The highest BCUT2D eigenvalue weighted by Gasteiger charge is 2.28. The van der Waals surface area contributed by atoms with Gasteiger partial charge in [0.15, 0.2) is 0 Å². The summed E-state index contributed by atoms with van der Waals surface area (Å²) in [6, 6.07) is 10.3. The van der Waals surface area contributed by atoms with Crippen molar-refractivity contribution < 1.29 is 0 Å². The van der Waals surface area contributed by atoms with Gasteiger partial charge in [-0.15, -0.1) is 0 Å². The Morgan fingerprint density at radius 2 is 1.81 bits per heavy atom. The molecule has 2 N–H and O–H groups in total. The molecule has 2 aromatic rings. The number of hydrogen-bond acceptors (Lipinski definition) is 3. The zero-order chi connectivity index (χ0) is 14.9. The molecule has 0 radical (unpaired) electrons. The number of nitrogens with two attached hydrogens (primary N) is 1. The van der Waals surface area contributed by atoms with Gasteiger partial charge in [-0.1, -0.05) is 30.3 Å². The first kappa shape index (κ1) is 14.1. The normalized spacial score (nSPS) is 16.5. The first-order valence-electron chi connectivity index (χ1n) is 7.69. The molecule has 1 fully saturated rings. The van der Waals surface area contributed by atoms with Gasteiger partial charge in [-0.05, 0) is 39.8 Å². The summed E-state index contributed by atoms with van der Waals surface area (Å²) in [5.74, 6) is 1.54. The number of nitrogens with zero attached hydrogens (tertiary/aromatic N) is 3. The second-order valence-electron chi connectivity index (χ2n) is 6.52. The Balaban J connectivity index is 1.94. The van der Waals surface area contributed by atoms with Crippen LogP contribution in [0.4, 0.5) is 5.82 Å². The fourth-order valence-electron chi connectivity index (χ4n) is 3.21. The molecule has 1 aromatic heterocycles. The lowest BCUT2D eigenvalue weighted by molar-refractivity contribution is 0.213. The molecule has 0 saturated carbocycles. The summed E-state index contributed by atoms with van der Waals surface area (Å²) in [5.41, 5.74) is 7.06. The van der Waals surface area contributed by atoms with E-state index in [0.29, 0.717) is 5.82 Å². The third-order valence-corrected chi connectivity index (χ3v) is 4.22. The quantitative estimate of drug-likeness (QED) is 0.939. The molecule has 1 saturated heterocycles. The molecule has 0 bridgehead atoms. The molecule has 4 heteroatoms. The van der Waals surface area contributed by atoms with E-state index < -0.39 is 0 Å². The minimum absolute atomic E-state index is 0.0276. The molecule has 0 aliphatic carbocycles. The van der Waals surface area contributed by atoms with Crippen LogP contribution in [0.3, 0.4) is 0 Å². The summed E-state index contributed by atoms with van der Waals surface area (Å²) in [7, 11) is 0. The molecule has 1 aliphatic heterocycles. The maximum absolute atomic E-state index is 5.98. The summed E-state index contributed by atoms with van der Waals surface area (Å²) in [6.45, 7) is 7.96. The van der Waals surface area contributed by atoms with Gasteiger partial charge in [-0.25, -0.2) is 4.98 Å². The first-order chi connectivity index (χ1) is 10.1. The summed E-state index contributed by atoms with van der Waals surface area (Å²) in [4.78, 5) is 7.08. The first-order valence-corrected chi connectivity index (χ1v) is 7.69. The molecule has 2 heterocycles. The third-order valence-electron chi connectivity index (χ3n) is 4.22. The highest BCUT2D eigenvalue weighted by molar-refractivity contribution is 5.58. The summed E-state index contributed by atoms with van der Waals surface area (Å²) in [6.07, 6.45) is 4.60. The molecule has 1 aromatic carbocycles. The molecule has 0 spiro atoms. The van der Waals surface area contributed by atoms with Crippen molar-refractivity contribution in [3.05, 3.63) is 36.5 Å². The van der Waals surface area contributed by atoms with Crippen molar-refractivity contribution in [1.29, 1.82) is 0 Å². The highest BCUT2D eigenvalue weighted by Crippen LogP contribution is 2.28. The summed E-state index contributed by atoms with van der Waals surface area (Å²) in [5, 5.41) is 0. The lowest BCUT2D eigenvalue weighted by atomic mass is 10.0. The maximum atomic E-state index is 5.98. The van der Waals surface area contributed by atoms with Crippen molar-refractivity contribution in [2.75, 3.05) is 25.4 Å². The van der Waals surface area contributed by atoms with Crippen LogP contribution < -0.4 is 5.73 Å². The van der Waals surface area contributed by atoms with E-state index in [-0.39, 0.29) is 5.54 Å². The zero-order valence-corrected chi connectivity index (χ0v) is 12.9. The summed E-state index contributed by atoms with van der Waals surface area (Å²) >= 11 is 0. The molecule has 112 valence electrons. The predicted molar refractivity (Wildman–Crippen MR) is 87.1 cm³/mol. The van der Waals surface area contributed by atoms with Gasteiger partial charge >= 0.3 is 0 Å². The average Bonchev–Trinajstić information content (AvgIpc) is 3.09. The van der Waals surface area contributed by atoms with E-state index in [1.165, 1.54) is 25.9 Å². The Morgan fingerprint density at radius 1 is 1.14 bits per heavy atom. The molecular formula is C17H24N4. The van der Waals surface area contributed by atoms with Gasteiger partial charge < -0.3 is 15.2 Å². The number of aromatic nitrogens is 2. The van der Waals surface area contributed by atoms with Crippen molar-refractivity contribution >= 4 is 5.82 Å². The van der Waals surface area contributed by atoms with Crippen LogP contribution in [0, 0.1) is 0 Å². The van der Waals surface area contributed by atoms with Gasteiger partial charge in [0.05, 0.1) is 5.54 Å². The van der Waals surface area contributed by atoms with E-state index in [2.05, 4.69) is 40.4 Å². The van der Waals surface area contributed by atoms with Crippen LogP contribution in [0.2, 0.25) is 0 Å². The van der Waals surface area contributed by atoms with E-state index in [1.807, 2.05) is 24.4 Å². The van der Waals surface area contributed by atoms with Gasteiger partial charge in [0.25, 0.3) is 0 Å². The van der Waals surface area contributed by atoms with Gasteiger partial charge in [0, 0.05) is 18.3 Å². The molecule has 4 nitrogen and oxygen atoms in total. The van der Waals surface area contributed by atoms with Crippen molar-refractivity contribution in [2.24, 2.45) is 0 Å². The lowest BCUT2D eigenvalue weighted by Gasteiger charge is -2.32. The number of benzene rings is 1. The molecule has 21 heavy (non-hydrogen) atoms. The van der Waals surface area contributed by atoms with E-state index >= 15 is 0 Å². The van der Waals surface area contributed by atoms with Crippen LogP contribution in [0.15, 0.2) is 36.5 Å². The molecule has 1 aliphatic rings. The van der Waals surface area contributed by atoms with Gasteiger partial charge in [0.1, 0.15) is 11.6 Å². The Bertz CT molecular complexity index is 595. The Morgan fingerprint density at radius 3 is 2.48 bits per heavy atom. The number of likely N-dealkylation sites (tertiary alicyclic amines) is 1. The van der Waals surface area contributed by atoms with Crippen molar-refractivity contribution in [3.8, 4) is 11.4 Å². The monoisotopic (exact) mass is 284 g/mol. The van der Waals surface area contributed by atoms with Crippen molar-refractivity contribution in [2.45, 2.75) is 32.2 Å². The van der Waals surface area contributed by atoms with Crippen LogP contribution >= 0.6 is 0 Å². The molecule has 3 rings (SSSR count). The van der Waals surface area contributed by atoms with E-state index in [1.54, 1.807) is 0 Å². The number of rotatable bonds is 4. The number of hydrogen-bond donors (Lipinski definition) is 1. The molecular weight excluding hydrogens is 260 g/mol. The zero-order valence-electron chi connectivity index (χ0n) is 12.9. The second-order valence-corrected chi connectivity index (χ2v) is 6.52. The van der Waals surface area contributed by atoms with Crippen molar-refractivity contribution in [1.82, 2.24) is 14.5 Å².